The van der Waals surface area contributed by atoms with Crippen LogP contribution in [0.1, 0.15) is 20.3 Å². The minimum absolute atomic E-state index is 0.831. The zero-order valence-electron chi connectivity index (χ0n) is 8.25. The maximum Gasteiger partial charge on any atom is 0.0597 e. The van der Waals surface area contributed by atoms with Gasteiger partial charge in [-0.3, -0.25) is 4.99 Å². The van der Waals surface area contributed by atoms with Gasteiger partial charge in [-0.2, -0.15) is 0 Å². The van der Waals surface area contributed by atoms with Gasteiger partial charge in [0.25, 0.3) is 0 Å². The maximum atomic E-state index is 4.32. The van der Waals surface area contributed by atoms with Crippen molar-refractivity contribution in [2.24, 2.45) is 4.99 Å². The molecule has 0 unspecified atom stereocenters. The van der Waals surface area contributed by atoms with Crippen molar-refractivity contribution in [3.63, 3.8) is 0 Å². The summed E-state index contributed by atoms with van der Waals surface area (Å²) in [6.45, 7) is 4.96. The van der Waals surface area contributed by atoms with Gasteiger partial charge in [0.2, 0.25) is 0 Å². The van der Waals surface area contributed by atoms with Crippen molar-refractivity contribution in [1.29, 1.82) is 0 Å². The number of hydrogen-bond acceptors (Lipinski definition) is 2. The van der Waals surface area contributed by atoms with Crippen molar-refractivity contribution in [1.82, 2.24) is 5.32 Å². The van der Waals surface area contributed by atoms with Crippen LogP contribution in [0.2, 0.25) is 0 Å². The molecule has 0 radical (unpaired) electrons. The van der Waals surface area contributed by atoms with E-state index in [9.17, 15) is 0 Å². The summed E-state index contributed by atoms with van der Waals surface area (Å²) in [4.78, 5) is 4.32. The minimum atomic E-state index is 0.831. The van der Waals surface area contributed by atoms with Gasteiger partial charge in [0.15, 0.2) is 0 Å². The normalized spacial score (nSPS) is 17.4. The second-order valence-corrected chi connectivity index (χ2v) is 2.89. The number of rotatable bonds is 3. The highest BCUT2D eigenvalue weighted by Crippen LogP contribution is 2.10. The van der Waals surface area contributed by atoms with E-state index in [2.05, 4.69) is 29.5 Å². The number of aliphatic imine (C=N–C) groups is 1. The topological polar surface area (TPSA) is 24.4 Å². The summed E-state index contributed by atoms with van der Waals surface area (Å²) in [5, 5.41) is 3.19. The first-order valence-corrected chi connectivity index (χ1v) is 4.65. The van der Waals surface area contributed by atoms with E-state index in [1.54, 1.807) is 0 Å². The molecule has 1 heterocycles. The quantitative estimate of drug-likeness (QED) is 0.656. The van der Waals surface area contributed by atoms with Gasteiger partial charge in [0.05, 0.1) is 12.2 Å². The number of nitrogens with zero attached hydrogens (tertiary/aromatic N) is 1. The molecular weight excluding hydrogens is 160 g/mol. The van der Waals surface area contributed by atoms with Crippen LogP contribution in [0.25, 0.3) is 0 Å². The number of nitrogens with one attached hydrogen (secondary N) is 1. The van der Waals surface area contributed by atoms with E-state index in [1.807, 2.05) is 25.3 Å². The third-order valence-corrected chi connectivity index (χ3v) is 1.85. The summed E-state index contributed by atoms with van der Waals surface area (Å²) in [6, 6.07) is 0. The highest BCUT2D eigenvalue weighted by molar-refractivity contribution is 5.72. The van der Waals surface area contributed by atoms with Crippen LogP contribution in [0, 0.1) is 0 Å². The van der Waals surface area contributed by atoms with Crippen LogP contribution in [0.5, 0.6) is 0 Å². The highest BCUT2D eigenvalue weighted by Gasteiger charge is 2.00. The SMILES string of the molecule is C/C=C\C=NC1=CC(CC)=CNC1. The fraction of sp³-hybridized carbons (Fsp3) is 0.364. The summed E-state index contributed by atoms with van der Waals surface area (Å²) in [6.07, 6.45) is 11.0. The van der Waals surface area contributed by atoms with Gasteiger partial charge < -0.3 is 5.32 Å². The Morgan fingerprint density at radius 3 is 3.15 bits per heavy atom. The second kappa shape index (κ2) is 5.36. The molecule has 2 heteroatoms. The fourth-order valence-corrected chi connectivity index (χ4v) is 1.11. The first-order valence-electron chi connectivity index (χ1n) is 4.65. The molecule has 0 bridgehead atoms. The van der Waals surface area contributed by atoms with Gasteiger partial charge in [0, 0.05) is 12.4 Å². The monoisotopic (exact) mass is 176 g/mol. The molecule has 0 aromatic heterocycles. The van der Waals surface area contributed by atoms with Crippen molar-refractivity contribution in [3.8, 4) is 0 Å². The highest BCUT2D eigenvalue weighted by atomic mass is 14.9. The lowest BCUT2D eigenvalue weighted by Crippen LogP contribution is -2.13. The average Bonchev–Trinajstić information content (AvgIpc) is 2.19. The first-order chi connectivity index (χ1) is 6.36. The summed E-state index contributed by atoms with van der Waals surface area (Å²) in [5.74, 6) is 0. The summed E-state index contributed by atoms with van der Waals surface area (Å²) in [5.41, 5.74) is 2.40. The zero-order chi connectivity index (χ0) is 9.52. The van der Waals surface area contributed by atoms with Crippen LogP contribution in [0.3, 0.4) is 0 Å². The molecule has 1 aliphatic heterocycles. The molecule has 1 aliphatic rings. The lowest BCUT2D eigenvalue weighted by Gasteiger charge is -2.10. The third kappa shape index (κ3) is 3.28. The van der Waals surface area contributed by atoms with E-state index in [4.69, 9.17) is 0 Å². The van der Waals surface area contributed by atoms with Gasteiger partial charge >= 0.3 is 0 Å². The van der Waals surface area contributed by atoms with Crippen molar-refractivity contribution in [3.05, 3.63) is 35.7 Å². The molecule has 0 spiro atoms. The number of allylic oxidation sites excluding steroid dienone is 4. The van der Waals surface area contributed by atoms with Gasteiger partial charge in [-0.1, -0.05) is 13.0 Å². The average molecular weight is 176 g/mol. The molecule has 13 heavy (non-hydrogen) atoms. The molecule has 0 saturated carbocycles. The molecule has 70 valence electrons. The molecule has 1 N–H and O–H groups in total. The van der Waals surface area contributed by atoms with Crippen molar-refractivity contribution in [2.75, 3.05) is 6.54 Å². The molecule has 0 aliphatic carbocycles. The Bertz CT molecular complexity index is 270. The molecule has 0 atom stereocenters. The summed E-state index contributed by atoms with van der Waals surface area (Å²) < 4.78 is 0. The van der Waals surface area contributed by atoms with Crippen molar-refractivity contribution >= 4 is 6.21 Å². The van der Waals surface area contributed by atoms with Crippen molar-refractivity contribution in [2.45, 2.75) is 20.3 Å². The zero-order valence-corrected chi connectivity index (χ0v) is 8.25. The summed E-state index contributed by atoms with van der Waals surface area (Å²) >= 11 is 0. The molecular formula is C11H16N2. The molecule has 2 nitrogen and oxygen atoms in total. The van der Waals surface area contributed by atoms with Crippen LogP contribution in [-0.2, 0) is 0 Å². The van der Waals surface area contributed by atoms with Gasteiger partial charge in [-0.05, 0) is 31.1 Å². The fourth-order valence-electron chi connectivity index (χ4n) is 1.11. The van der Waals surface area contributed by atoms with Crippen LogP contribution in [0.15, 0.2) is 40.7 Å². The standard InChI is InChI=1S/C11H16N2/c1-3-5-6-13-11-7-10(4-2)8-12-9-11/h3,5-8,12H,4,9H2,1-2H3/b5-3-,13-6?. The van der Waals surface area contributed by atoms with E-state index in [-0.39, 0.29) is 0 Å². The lowest BCUT2D eigenvalue weighted by atomic mass is 10.1. The van der Waals surface area contributed by atoms with Crippen LogP contribution >= 0.6 is 0 Å². The molecule has 0 amide bonds. The Labute approximate surface area is 79.8 Å². The van der Waals surface area contributed by atoms with E-state index >= 15 is 0 Å². The van der Waals surface area contributed by atoms with Gasteiger partial charge in [-0.25, -0.2) is 0 Å². The molecule has 0 fully saturated rings. The molecule has 1 rings (SSSR count). The van der Waals surface area contributed by atoms with E-state index in [1.165, 1.54) is 5.57 Å². The Morgan fingerprint density at radius 1 is 1.62 bits per heavy atom. The smallest absolute Gasteiger partial charge is 0.0597 e. The third-order valence-electron chi connectivity index (χ3n) is 1.85. The van der Waals surface area contributed by atoms with Gasteiger partial charge in [0.1, 0.15) is 0 Å². The van der Waals surface area contributed by atoms with E-state index in [0.29, 0.717) is 0 Å². The Morgan fingerprint density at radius 2 is 2.46 bits per heavy atom. The Hall–Kier alpha value is -1.31. The predicted octanol–water partition coefficient (Wildman–Crippen LogP) is 2.41. The van der Waals surface area contributed by atoms with Gasteiger partial charge in [-0.15, -0.1) is 0 Å². The molecule has 0 aromatic rings. The van der Waals surface area contributed by atoms with Crippen LogP contribution < -0.4 is 5.32 Å². The predicted molar refractivity (Wildman–Crippen MR) is 57.8 cm³/mol. The largest absolute Gasteiger partial charge is 0.385 e. The molecule has 0 aromatic carbocycles. The van der Waals surface area contributed by atoms with E-state index in [0.717, 1.165) is 18.7 Å². The molecule has 0 saturated heterocycles. The minimum Gasteiger partial charge on any atom is -0.385 e. The lowest BCUT2D eigenvalue weighted by molar-refractivity contribution is 0.878. The number of dihydropyridines is 1. The maximum absolute atomic E-state index is 4.32. The van der Waals surface area contributed by atoms with E-state index < -0.39 is 0 Å². The number of hydrogen-bond donors (Lipinski definition) is 1. The second-order valence-electron chi connectivity index (χ2n) is 2.89. The Kier molecular flexibility index (Phi) is 4.03. The van der Waals surface area contributed by atoms with Crippen molar-refractivity contribution < 1.29 is 0 Å². The summed E-state index contributed by atoms with van der Waals surface area (Å²) in [7, 11) is 0. The van der Waals surface area contributed by atoms with Crippen LogP contribution in [0.4, 0.5) is 0 Å². The first kappa shape index (κ1) is 9.78. The van der Waals surface area contributed by atoms with Crippen LogP contribution in [-0.4, -0.2) is 12.8 Å². The Balaban J connectivity index is 2.60.